The molecule has 2 aromatic carbocycles. The van der Waals surface area contributed by atoms with Crippen LogP contribution in [-0.2, 0) is 13.0 Å². The first-order valence-electron chi connectivity index (χ1n) is 10.8. The minimum absolute atomic E-state index is 0.0681. The zero-order valence-electron chi connectivity index (χ0n) is 17.9. The first kappa shape index (κ1) is 19.8. The number of rotatable bonds is 4. The van der Waals surface area contributed by atoms with Gasteiger partial charge in [-0.2, -0.15) is 5.10 Å². The van der Waals surface area contributed by atoms with Gasteiger partial charge in [-0.15, -0.1) is 0 Å². The molecule has 6 aromatic rings. The Hall–Kier alpha value is -3.90. The van der Waals surface area contributed by atoms with Crippen molar-refractivity contribution >= 4 is 39.1 Å². The molecule has 0 saturated carbocycles. The third kappa shape index (κ3) is 3.31. The Labute approximate surface area is 194 Å². The first-order chi connectivity index (χ1) is 16.1. The van der Waals surface area contributed by atoms with Gasteiger partial charge >= 0.3 is 0 Å². The first-order valence-corrected chi connectivity index (χ1v) is 11.1. The van der Waals surface area contributed by atoms with E-state index in [1.165, 1.54) is 16.5 Å². The normalized spacial score (nSPS) is 11.7. The molecule has 1 N–H and O–H groups in total. The summed E-state index contributed by atoms with van der Waals surface area (Å²) in [5, 5.41) is 6.95. The number of H-pyrrole nitrogens is 1. The van der Waals surface area contributed by atoms with Crippen molar-refractivity contribution in [3.63, 3.8) is 0 Å². The van der Waals surface area contributed by atoms with Crippen molar-refractivity contribution in [1.29, 1.82) is 0 Å². The van der Waals surface area contributed by atoms with E-state index in [1.807, 2.05) is 42.7 Å². The Morgan fingerprint density at radius 3 is 2.73 bits per heavy atom. The van der Waals surface area contributed by atoms with Crippen LogP contribution in [0, 0.1) is 6.92 Å². The lowest BCUT2D eigenvalue weighted by Gasteiger charge is -2.08. The van der Waals surface area contributed by atoms with Gasteiger partial charge in [0, 0.05) is 46.6 Å². The maximum atomic E-state index is 13.2. The second-order valence-electron chi connectivity index (χ2n) is 8.28. The number of pyridine rings is 1. The third-order valence-electron chi connectivity index (χ3n) is 6.17. The van der Waals surface area contributed by atoms with Crippen LogP contribution in [0.3, 0.4) is 0 Å². The molecule has 0 aliphatic heterocycles. The van der Waals surface area contributed by atoms with E-state index < -0.39 is 0 Å². The summed E-state index contributed by atoms with van der Waals surface area (Å²) in [4.78, 5) is 21.1. The number of halogens is 1. The lowest BCUT2D eigenvalue weighted by Crippen LogP contribution is -2.21. The van der Waals surface area contributed by atoms with E-state index in [-0.39, 0.29) is 5.56 Å². The van der Waals surface area contributed by atoms with Crippen LogP contribution in [0.2, 0.25) is 5.02 Å². The average molecular weight is 454 g/mol. The highest BCUT2D eigenvalue weighted by atomic mass is 35.5. The number of fused-ring (bicyclic) bond motifs is 4. The fourth-order valence-electron chi connectivity index (χ4n) is 4.41. The molecule has 33 heavy (non-hydrogen) atoms. The number of nitrogens with one attached hydrogen (secondary N) is 1. The zero-order valence-corrected chi connectivity index (χ0v) is 18.7. The highest BCUT2D eigenvalue weighted by Crippen LogP contribution is 2.26. The average Bonchev–Trinajstić information content (AvgIpc) is 3.43. The number of aryl methyl sites for hydroxylation is 3. The summed E-state index contributed by atoms with van der Waals surface area (Å²) in [5.41, 5.74) is 6.79. The van der Waals surface area contributed by atoms with Gasteiger partial charge in [0.15, 0.2) is 5.65 Å². The lowest BCUT2D eigenvalue weighted by molar-refractivity contribution is 0.676. The summed E-state index contributed by atoms with van der Waals surface area (Å²) < 4.78 is 3.47. The monoisotopic (exact) mass is 453 g/mol. The molecule has 0 aliphatic rings. The third-order valence-corrected chi connectivity index (χ3v) is 6.42. The van der Waals surface area contributed by atoms with E-state index in [0.29, 0.717) is 22.6 Å². The number of benzene rings is 2. The van der Waals surface area contributed by atoms with Crippen LogP contribution in [0.4, 0.5) is 0 Å². The van der Waals surface area contributed by atoms with Gasteiger partial charge in [0.2, 0.25) is 0 Å². The minimum atomic E-state index is -0.0681. The molecule has 0 saturated heterocycles. The van der Waals surface area contributed by atoms with E-state index >= 15 is 0 Å². The quantitative estimate of drug-likeness (QED) is 0.388. The Balaban J connectivity index is 1.37. The van der Waals surface area contributed by atoms with Crippen LogP contribution in [0.15, 0.2) is 78.1 Å². The summed E-state index contributed by atoms with van der Waals surface area (Å²) in [5.74, 6) is 0. The van der Waals surface area contributed by atoms with E-state index in [9.17, 15) is 4.79 Å². The predicted molar refractivity (Wildman–Crippen MR) is 132 cm³/mol. The topological polar surface area (TPSA) is 68.0 Å². The van der Waals surface area contributed by atoms with Crippen LogP contribution in [0.25, 0.3) is 38.6 Å². The smallest absolute Gasteiger partial charge is 0.261 e. The number of aromatic nitrogens is 5. The van der Waals surface area contributed by atoms with Gasteiger partial charge in [-0.05, 0) is 54.8 Å². The zero-order chi connectivity index (χ0) is 22.5. The van der Waals surface area contributed by atoms with Gasteiger partial charge in [-0.1, -0.05) is 35.4 Å². The molecule has 162 valence electrons. The Morgan fingerprint density at radius 1 is 1.03 bits per heavy atom. The van der Waals surface area contributed by atoms with Gasteiger partial charge < -0.3 is 9.55 Å². The molecule has 0 radical (unpaired) electrons. The van der Waals surface area contributed by atoms with Crippen molar-refractivity contribution in [3.8, 4) is 11.1 Å². The molecule has 0 fully saturated rings. The fraction of sp³-hybridized carbons (Fsp3) is 0.115. The van der Waals surface area contributed by atoms with Crippen molar-refractivity contribution in [1.82, 2.24) is 24.1 Å². The van der Waals surface area contributed by atoms with Crippen molar-refractivity contribution in [2.75, 3.05) is 0 Å². The number of aromatic amines is 1. The Kier molecular flexibility index (Phi) is 4.55. The van der Waals surface area contributed by atoms with E-state index in [4.69, 9.17) is 11.6 Å². The van der Waals surface area contributed by atoms with Crippen molar-refractivity contribution < 1.29 is 0 Å². The molecule has 4 aromatic heterocycles. The summed E-state index contributed by atoms with van der Waals surface area (Å²) in [6.45, 7) is 2.67. The summed E-state index contributed by atoms with van der Waals surface area (Å²) in [6.07, 6.45) is 8.05. The Bertz CT molecular complexity index is 1710. The molecule has 0 atom stereocenters. The van der Waals surface area contributed by atoms with Gasteiger partial charge in [0.1, 0.15) is 0 Å². The van der Waals surface area contributed by atoms with Crippen LogP contribution >= 0.6 is 11.6 Å². The number of hydrogen-bond donors (Lipinski definition) is 1. The molecule has 0 spiro atoms. The second kappa shape index (κ2) is 7.60. The Morgan fingerprint density at radius 2 is 1.88 bits per heavy atom. The van der Waals surface area contributed by atoms with Crippen LogP contribution < -0.4 is 5.56 Å². The van der Waals surface area contributed by atoms with Gasteiger partial charge in [-0.3, -0.25) is 4.79 Å². The second-order valence-corrected chi connectivity index (χ2v) is 8.72. The predicted octanol–water partition coefficient (Wildman–Crippen LogP) is 5.40. The summed E-state index contributed by atoms with van der Waals surface area (Å²) >= 11 is 6.02. The van der Waals surface area contributed by atoms with Crippen molar-refractivity contribution in [2.45, 2.75) is 19.9 Å². The molecule has 0 bridgehead atoms. The van der Waals surface area contributed by atoms with E-state index in [0.717, 1.165) is 28.6 Å². The maximum Gasteiger partial charge on any atom is 0.261 e. The summed E-state index contributed by atoms with van der Waals surface area (Å²) in [7, 11) is 0. The molecule has 0 amide bonds. The van der Waals surface area contributed by atoms with Gasteiger partial charge in [0.05, 0.1) is 17.1 Å². The molecule has 0 aliphatic carbocycles. The van der Waals surface area contributed by atoms with E-state index in [1.54, 1.807) is 21.5 Å². The lowest BCUT2D eigenvalue weighted by atomic mass is 10.1. The van der Waals surface area contributed by atoms with Gasteiger partial charge in [-0.25, -0.2) is 9.50 Å². The van der Waals surface area contributed by atoms with Crippen LogP contribution in [0.5, 0.6) is 0 Å². The minimum Gasteiger partial charge on any atom is -0.361 e. The summed E-state index contributed by atoms with van der Waals surface area (Å²) in [6, 6.07) is 15.9. The maximum absolute atomic E-state index is 13.2. The van der Waals surface area contributed by atoms with E-state index in [2.05, 4.69) is 40.2 Å². The molecule has 0 unspecified atom stereocenters. The molecule has 4 heterocycles. The number of nitrogens with zero attached hydrogens (tertiary/aromatic N) is 4. The molecular formula is C26H20ClN5O. The molecule has 6 rings (SSSR count). The standard InChI is InChI=1S/C26H20ClN5O/c1-16-2-7-23-20(12-16)18(13-28-23)8-10-31-11-9-24-22(26(31)33)14-29-25-21(15-30-32(24)25)17-3-5-19(27)6-4-17/h2-7,9,11-15,28H,8,10H2,1H3. The largest absolute Gasteiger partial charge is 0.361 e. The van der Waals surface area contributed by atoms with Crippen molar-refractivity contribution in [2.24, 2.45) is 0 Å². The SMILES string of the molecule is Cc1ccc2[nH]cc(CCn3ccc4c(cnc5c(-c6ccc(Cl)cc6)cnn54)c3=O)c2c1. The van der Waals surface area contributed by atoms with Crippen molar-refractivity contribution in [3.05, 3.63) is 99.8 Å². The van der Waals surface area contributed by atoms with Crippen LogP contribution in [-0.4, -0.2) is 24.1 Å². The number of hydrogen-bond acceptors (Lipinski definition) is 3. The highest BCUT2D eigenvalue weighted by Gasteiger charge is 2.13. The van der Waals surface area contributed by atoms with Gasteiger partial charge in [0.25, 0.3) is 5.56 Å². The van der Waals surface area contributed by atoms with Crippen LogP contribution in [0.1, 0.15) is 11.1 Å². The molecule has 6 nitrogen and oxygen atoms in total. The fourth-order valence-corrected chi connectivity index (χ4v) is 4.53. The molecule has 7 heteroatoms. The molecular weight excluding hydrogens is 434 g/mol. The highest BCUT2D eigenvalue weighted by molar-refractivity contribution is 6.30.